The molecule has 1 aliphatic carbocycles. The van der Waals surface area contributed by atoms with E-state index in [1.54, 1.807) is 12.1 Å². The Labute approximate surface area is 177 Å². The summed E-state index contributed by atoms with van der Waals surface area (Å²) in [5, 5.41) is 9.99. The van der Waals surface area contributed by atoms with E-state index >= 15 is 0 Å². The number of para-hydroxylation sites is 1. The van der Waals surface area contributed by atoms with Crippen molar-refractivity contribution in [1.82, 2.24) is 20.0 Å². The second kappa shape index (κ2) is 7.84. The summed E-state index contributed by atoms with van der Waals surface area (Å²) in [6, 6.07) is 9.37. The van der Waals surface area contributed by atoms with E-state index in [9.17, 15) is 4.79 Å². The van der Waals surface area contributed by atoms with Crippen LogP contribution in [-0.2, 0) is 12.8 Å². The number of nitrogens with zero attached hydrogens (tertiary/aromatic N) is 4. The fourth-order valence-corrected chi connectivity index (χ4v) is 5.34. The van der Waals surface area contributed by atoms with Crippen molar-refractivity contribution in [3.05, 3.63) is 57.0 Å². The Balaban J connectivity index is 1.68. The summed E-state index contributed by atoms with van der Waals surface area (Å²) in [5.74, 6) is 0. The number of hydrogen-bond donors (Lipinski definition) is 0. The molecule has 0 N–H and O–H groups in total. The third-order valence-corrected chi connectivity index (χ3v) is 7.03. The van der Waals surface area contributed by atoms with Gasteiger partial charge in [0.2, 0.25) is 0 Å². The standard InChI is InChI=1S/C22H21ClN4OS/c23-16-10-7-8-12-18(16)27-22(28)20-19(25-26-27)15-13-14-9-5-3-1-2-4-6-11-17(14)24-21(15)29-20/h7-8,10,12-13H,1-6,9,11H2. The van der Waals surface area contributed by atoms with Gasteiger partial charge in [-0.2, -0.15) is 4.68 Å². The van der Waals surface area contributed by atoms with Gasteiger partial charge < -0.3 is 0 Å². The van der Waals surface area contributed by atoms with Crippen molar-refractivity contribution in [2.75, 3.05) is 0 Å². The summed E-state index contributed by atoms with van der Waals surface area (Å²) >= 11 is 7.67. The molecule has 4 aromatic rings. The fraction of sp³-hybridized carbons (Fsp3) is 0.364. The minimum absolute atomic E-state index is 0.202. The lowest BCUT2D eigenvalue weighted by Crippen LogP contribution is -2.21. The van der Waals surface area contributed by atoms with Gasteiger partial charge in [0.1, 0.15) is 15.0 Å². The van der Waals surface area contributed by atoms with Crippen LogP contribution in [0.1, 0.15) is 49.8 Å². The second-order valence-corrected chi connectivity index (χ2v) is 9.01. The molecule has 0 aliphatic heterocycles. The number of thiophene rings is 1. The molecule has 148 valence electrons. The molecule has 0 saturated heterocycles. The number of aromatic nitrogens is 4. The summed E-state index contributed by atoms with van der Waals surface area (Å²) in [6.45, 7) is 0. The number of halogens is 1. The van der Waals surface area contributed by atoms with E-state index < -0.39 is 0 Å². The molecule has 3 heterocycles. The van der Waals surface area contributed by atoms with Crippen LogP contribution in [0.2, 0.25) is 5.02 Å². The lowest BCUT2D eigenvalue weighted by atomic mass is 9.97. The Morgan fingerprint density at radius 3 is 2.59 bits per heavy atom. The molecule has 0 atom stereocenters. The smallest absolute Gasteiger partial charge is 0.266 e. The van der Waals surface area contributed by atoms with E-state index in [0.29, 0.717) is 20.9 Å². The van der Waals surface area contributed by atoms with E-state index in [-0.39, 0.29) is 5.56 Å². The zero-order valence-electron chi connectivity index (χ0n) is 16.0. The van der Waals surface area contributed by atoms with E-state index in [2.05, 4.69) is 16.4 Å². The first kappa shape index (κ1) is 18.7. The second-order valence-electron chi connectivity index (χ2n) is 7.61. The number of pyridine rings is 1. The molecule has 5 nitrogen and oxygen atoms in total. The summed E-state index contributed by atoms with van der Waals surface area (Å²) in [7, 11) is 0. The van der Waals surface area contributed by atoms with Crippen LogP contribution in [0.3, 0.4) is 0 Å². The third-order valence-electron chi connectivity index (χ3n) is 5.64. The van der Waals surface area contributed by atoms with Gasteiger partial charge in [0.15, 0.2) is 0 Å². The fourth-order valence-electron chi connectivity index (χ4n) is 4.09. The topological polar surface area (TPSA) is 60.7 Å². The molecule has 0 amide bonds. The van der Waals surface area contributed by atoms with Gasteiger partial charge in [-0.05, 0) is 49.4 Å². The first-order chi connectivity index (χ1) is 14.2. The maximum absolute atomic E-state index is 13.2. The van der Waals surface area contributed by atoms with Crippen LogP contribution in [0.15, 0.2) is 35.1 Å². The van der Waals surface area contributed by atoms with Crippen LogP contribution >= 0.6 is 22.9 Å². The highest BCUT2D eigenvalue weighted by Gasteiger charge is 2.18. The van der Waals surface area contributed by atoms with Gasteiger partial charge in [0.25, 0.3) is 5.56 Å². The summed E-state index contributed by atoms with van der Waals surface area (Å²) in [4.78, 5) is 19.0. The van der Waals surface area contributed by atoms with Crippen LogP contribution < -0.4 is 5.56 Å². The highest BCUT2D eigenvalue weighted by molar-refractivity contribution is 7.25. The number of aryl methyl sites for hydroxylation is 2. The average Bonchev–Trinajstić information content (AvgIpc) is 3.10. The van der Waals surface area contributed by atoms with Gasteiger partial charge in [0, 0.05) is 11.1 Å². The van der Waals surface area contributed by atoms with E-state index in [4.69, 9.17) is 16.6 Å². The Morgan fingerprint density at radius 1 is 1.00 bits per heavy atom. The molecule has 1 aromatic carbocycles. The molecule has 5 rings (SSSR count). The predicted molar refractivity (Wildman–Crippen MR) is 118 cm³/mol. The minimum Gasteiger partial charge on any atom is -0.266 e. The van der Waals surface area contributed by atoms with Gasteiger partial charge in [-0.25, -0.2) is 4.98 Å². The average molecular weight is 425 g/mol. The summed E-state index contributed by atoms with van der Waals surface area (Å²) in [5.41, 5.74) is 3.47. The van der Waals surface area contributed by atoms with Gasteiger partial charge in [-0.3, -0.25) is 4.79 Å². The van der Waals surface area contributed by atoms with Crippen molar-refractivity contribution in [2.24, 2.45) is 0 Å². The molecule has 7 heteroatoms. The number of fused-ring (bicyclic) bond motifs is 4. The number of hydrogen-bond acceptors (Lipinski definition) is 5. The van der Waals surface area contributed by atoms with Crippen LogP contribution in [0, 0.1) is 0 Å². The largest absolute Gasteiger partial charge is 0.292 e. The quantitative estimate of drug-likeness (QED) is 0.405. The number of benzene rings is 1. The van der Waals surface area contributed by atoms with Gasteiger partial charge in [0.05, 0.1) is 10.7 Å². The predicted octanol–water partition coefficient (Wildman–Crippen LogP) is 5.48. The normalized spacial score (nSPS) is 15.5. The number of rotatable bonds is 1. The van der Waals surface area contributed by atoms with Crippen LogP contribution in [-0.4, -0.2) is 20.0 Å². The van der Waals surface area contributed by atoms with Crippen molar-refractivity contribution < 1.29 is 0 Å². The Kier molecular flexibility index (Phi) is 5.06. The maximum atomic E-state index is 13.2. The molecule has 0 fully saturated rings. The molecular weight excluding hydrogens is 404 g/mol. The van der Waals surface area contributed by atoms with Crippen molar-refractivity contribution in [1.29, 1.82) is 0 Å². The maximum Gasteiger partial charge on any atom is 0.292 e. The summed E-state index contributed by atoms with van der Waals surface area (Å²) < 4.78 is 1.86. The van der Waals surface area contributed by atoms with E-state index in [1.807, 2.05) is 12.1 Å². The SMILES string of the molecule is O=c1c2sc3nc4c(cc3c2nnn1-c1ccccc1Cl)CCCCCCCC4. The van der Waals surface area contributed by atoms with Crippen molar-refractivity contribution in [3.8, 4) is 5.69 Å². The summed E-state index contributed by atoms with van der Waals surface area (Å²) in [6.07, 6.45) is 9.58. The highest BCUT2D eigenvalue weighted by atomic mass is 35.5. The van der Waals surface area contributed by atoms with Crippen LogP contribution in [0.25, 0.3) is 26.1 Å². The Hall–Kier alpha value is -2.31. The first-order valence-corrected chi connectivity index (χ1v) is 11.4. The van der Waals surface area contributed by atoms with Crippen LogP contribution in [0.4, 0.5) is 0 Å². The minimum atomic E-state index is -0.202. The highest BCUT2D eigenvalue weighted by Crippen LogP contribution is 2.32. The molecule has 0 spiro atoms. The Bertz CT molecular complexity index is 1260. The Morgan fingerprint density at radius 2 is 1.76 bits per heavy atom. The monoisotopic (exact) mass is 424 g/mol. The van der Waals surface area contributed by atoms with Crippen molar-refractivity contribution in [2.45, 2.75) is 51.4 Å². The van der Waals surface area contributed by atoms with E-state index in [1.165, 1.54) is 65.8 Å². The lowest BCUT2D eigenvalue weighted by molar-refractivity contribution is 0.577. The zero-order chi connectivity index (χ0) is 19.8. The molecular formula is C22H21ClN4OS. The third kappa shape index (κ3) is 3.45. The van der Waals surface area contributed by atoms with Gasteiger partial charge in [-0.1, -0.05) is 54.6 Å². The molecule has 0 unspecified atom stereocenters. The molecule has 0 radical (unpaired) electrons. The first-order valence-electron chi connectivity index (χ1n) is 10.2. The molecule has 3 aromatic heterocycles. The molecule has 0 bridgehead atoms. The van der Waals surface area contributed by atoms with Gasteiger partial charge in [-0.15, -0.1) is 16.4 Å². The molecule has 29 heavy (non-hydrogen) atoms. The zero-order valence-corrected chi connectivity index (χ0v) is 17.6. The van der Waals surface area contributed by atoms with Crippen molar-refractivity contribution in [3.63, 3.8) is 0 Å². The van der Waals surface area contributed by atoms with Crippen molar-refractivity contribution >= 4 is 43.4 Å². The molecule has 0 saturated carbocycles. The van der Waals surface area contributed by atoms with Gasteiger partial charge >= 0.3 is 0 Å². The molecule has 1 aliphatic rings. The van der Waals surface area contributed by atoms with E-state index in [0.717, 1.165) is 23.1 Å². The van der Waals surface area contributed by atoms with Crippen LogP contribution in [0.5, 0.6) is 0 Å². The lowest BCUT2D eigenvalue weighted by Gasteiger charge is -2.11.